The fourth-order valence-corrected chi connectivity index (χ4v) is 2.54. The molecule has 0 unspecified atom stereocenters. The first-order chi connectivity index (χ1) is 9.81. The molecule has 0 saturated heterocycles. The van der Waals surface area contributed by atoms with Crippen LogP contribution >= 0.6 is 0 Å². The molecule has 1 atom stereocenters. The highest BCUT2D eigenvalue weighted by molar-refractivity contribution is 5.80. The number of hydrogen-bond donors (Lipinski definition) is 1. The van der Waals surface area contributed by atoms with Crippen LogP contribution in [0.4, 0.5) is 0 Å². The van der Waals surface area contributed by atoms with Crippen molar-refractivity contribution in [3.63, 3.8) is 0 Å². The zero-order chi connectivity index (χ0) is 15.7. The topological polar surface area (TPSA) is 75.4 Å². The van der Waals surface area contributed by atoms with E-state index in [-0.39, 0.29) is 18.5 Å². The Balaban J connectivity index is 2.10. The predicted octanol–water partition coefficient (Wildman–Crippen LogP) is 1.29. The number of amides is 1. The fraction of sp³-hybridized carbons (Fsp3) is 0.667. The maximum Gasteiger partial charge on any atom is 0.308 e. The summed E-state index contributed by atoms with van der Waals surface area (Å²) >= 11 is 0. The molecule has 1 amide bonds. The summed E-state index contributed by atoms with van der Waals surface area (Å²) in [4.78, 5) is 25.3. The van der Waals surface area contributed by atoms with Crippen molar-refractivity contribution in [2.75, 3.05) is 6.54 Å². The van der Waals surface area contributed by atoms with Crippen molar-refractivity contribution < 1.29 is 14.7 Å². The minimum Gasteiger partial charge on any atom is -0.481 e. The maximum atomic E-state index is 12.6. The zero-order valence-corrected chi connectivity index (χ0v) is 13.1. The third-order valence-corrected chi connectivity index (χ3v) is 4.19. The number of aromatic nitrogens is 2. The molecule has 0 aliphatic heterocycles. The van der Waals surface area contributed by atoms with E-state index in [1.807, 2.05) is 20.9 Å². The normalized spacial score (nSPS) is 15.8. The largest absolute Gasteiger partial charge is 0.481 e. The van der Waals surface area contributed by atoms with Crippen molar-refractivity contribution in [3.8, 4) is 0 Å². The summed E-state index contributed by atoms with van der Waals surface area (Å²) in [6.07, 6.45) is 2.25. The van der Waals surface area contributed by atoms with Crippen LogP contribution in [0, 0.1) is 19.8 Å². The molecule has 6 heteroatoms. The number of carboxylic acids is 1. The van der Waals surface area contributed by atoms with Gasteiger partial charge in [-0.25, -0.2) is 0 Å². The van der Waals surface area contributed by atoms with Crippen LogP contribution in [0.15, 0.2) is 0 Å². The van der Waals surface area contributed by atoms with Crippen LogP contribution in [0.2, 0.25) is 0 Å². The lowest BCUT2D eigenvalue weighted by atomic mass is 10.1. The minimum atomic E-state index is -0.859. The molecule has 21 heavy (non-hydrogen) atoms. The van der Waals surface area contributed by atoms with Gasteiger partial charge in [-0.3, -0.25) is 14.3 Å². The van der Waals surface area contributed by atoms with Crippen LogP contribution in [0.1, 0.15) is 36.7 Å². The van der Waals surface area contributed by atoms with Gasteiger partial charge in [0.1, 0.15) is 0 Å². The van der Waals surface area contributed by atoms with Crippen molar-refractivity contribution in [3.05, 3.63) is 17.0 Å². The minimum absolute atomic E-state index is 0.00444. The van der Waals surface area contributed by atoms with E-state index in [9.17, 15) is 9.59 Å². The van der Waals surface area contributed by atoms with E-state index in [4.69, 9.17) is 5.11 Å². The lowest BCUT2D eigenvalue weighted by Crippen LogP contribution is -2.39. The molecule has 116 valence electrons. The fourth-order valence-electron chi connectivity index (χ4n) is 2.54. The van der Waals surface area contributed by atoms with E-state index in [2.05, 4.69) is 5.10 Å². The smallest absolute Gasteiger partial charge is 0.308 e. The molecule has 1 aromatic rings. The van der Waals surface area contributed by atoms with Crippen molar-refractivity contribution in [2.24, 2.45) is 13.0 Å². The highest BCUT2D eigenvalue weighted by atomic mass is 16.4. The molecule has 0 bridgehead atoms. The Kier molecular flexibility index (Phi) is 4.34. The number of hydrogen-bond acceptors (Lipinski definition) is 3. The second-order valence-corrected chi connectivity index (χ2v) is 5.97. The molecular weight excluding hydrogens is 270 g/mol. The Morgan fingerprint density at radius 1 is 1.43 bits per heavy atom. The van der Waals surface area contributed by atoms with Gasteiger partial charge in [0.25, 0.3) is 0 Å². The third-order valence-electron chi connectivity index (χ3n) is 4.19. The standard InChI is InChI=1S/C15H23N3O3/c1-9(15(20)21)8-18(12-5-6-12)14(19)7-13-10(2)16-17(4)11(13)3/h9,12H,5-8H2,1-4H3,(H,20,21)/t9-/m0/s1. The second-order valence-electron chi connectivity index (χ2n) is 5.97. The van der Waals surface area contributed by atoms with E-state index < -0.39 is 11.9 Å². The van der Waals surface area contributed by atoms with Crippen LogP contribution in [0.3, 0.4) is 0 Å². The maximum absolute atomic E-state index is 12.6. The molecule has 2 rings (SSSR count). The van der Waals surface area contributed by atoms with E-state index in [0.717, 1.165) is 29.8 Å². The summed E-state index contributed by atoms with van der Waals surface area (Å²) in [6, 6.07) is 0.219. The Labute approximate surface area is 124 Å². The molecule has 1 fully saturated rings. The monoisotopic (exact) mass is 293 g/mol. The summed E-state index contributed by atoms with van der Waals surface area (Å²) in [7, 11) is 1.86. The van der Waals surface area contributed by atoms with Gasteiger partial charge in [-0.05, 0) is 26.7 Å². The van der Waals surface area contributed by atoms with Crippen LogP contribution in [-0.4, -0.2) is 44.3 Å². The summed E-state index contributed by atoms with van der Waals surface area (Å²) < 4.78 is 1.78. The third kappa shape index (κ3) is 3.43. The highest BCUT2D eigenvalue weighted by Gasteiger charge is 2.34. The predicted molar refractivity (Wildman–Crippen MR) is 77.9 cm³/mol. The molecule has 1 aliphatic carbocycles. The quantitative estimate of drug-likeness (QED) is 0.857. The zero-order valence-electron chi connectivity index (χ0n) is 13.1. The van der Waals surface area contributed by atoms with Gasteiger partial charge in [0, 0.05) is 30.9 Å². The van der Waals surface area contributed by atoms with Gasteiger partial charge in [0.05, 0.1) is 18.0 Å². The van der Waals surface area contributed by atoms with Gasteiger partial charge < -0.3 is 10.0 Å². The average Bonchev–Trinajstić information content (AvgIpc) is 3.21. The number of aryl methyl sites for hydroxylation is 2. The molecular formula is C15H23N3O3. The van der Waals surface area contributed by atoms with E-state index in [1.165, 1.54) is 0 Å². The molecule has 1 aromatic heterocycles. The van der Waals surface area contributed by atoms with Gasteiger partial charge in [-0.1, -0.05) is 6.92 Å². The molecule has 0 spiro atoms. The average molecular weight is 293 g/mol. The van der Waals surface area contributed by atoms with Crippen molar-refractivity contribution in [2.45, 2.75) is 46.1 Å². The number of carbonyl (C=O) groups is 2. The first kappa shape index (κ1) is 15.5. The highest BCUT2D eigenvalue weighted by Crippen LogP contribution is 2.28. The summed E-state index contributed by atoms with van der Waals surface area (Å²) in [5.41, 5.74) is 2.81. The Morgan fingerprint density at radius 3 is 2.48 bits per heavy atom. The van der Waals surface area contributed by atoms with E-state index >= 15 is 0 Å². The van der Waals surface area contributed by atoms with Crippen LogP contribution in [-0.2, 0) is 23.1 Å². The number of aliphatic carboxylic acids is 1. The lowest BCUT2D eigenvalue weighted by Gasteiger charge is -2.24. The first-order valence-corrected chi connectivity index (χ1v) is 7.32. The molecule has 1 N–H and O–H groups in total. The van der Waals surface area contributed by atoms with Gasteiger partial charge in [-0.2, -0.15) is 5.10 Å². The SMILES string of the molecule is Cc1nn(C)c(C)c1CC(=O)N(C[C@H](C)C(=O)O)C1CC1. The van der Waals surface area contributed by atoms with Crippen LogP contribution < -0.4 is 0 Å². The Hall–Kier alpha value is -1.85. The van der Waals surface area contributed by atoms with E-state index in [0.29, 0.717) is 6.42 Å². The number of nitrogens with zero attached hydrogens (tertiary/aromatic N) is 3. The molecule has 0 radical (unpaired) electrons. The Bertz CT molecular complexity index is 561. The second kappa shape index (κ2) is 5.87. The Morgan fingerprint density at radius 2 is 2.05 bits per heavy atom. The summed E-state index contributed by atoms with van der Waals surface area (Å²) in [5.74, 6) is -1.39. The van der Waals surface area contributed by atoms with Crippen molar-refractivity contribution >= 4 is 11.9 Å². The first-order valence-electron chi connectivity index (χ1n) is 7.32. The lowest BCUT2D eigenvalue weighted by molar-refractivity contribution is -0.143. The molecule has 1 heterocycles. The number of rotatable bonds is 6. The van der Waals surface area contributed by atoms with Gasteiger partial charge >= 0.3 is 5.97 Å². The van der Waals surface area contributed by atoms with Gasteiger partial charge in [0.2, 0.25) is 5.91 Å². The number of carbonyl (C=O) groups excluding carboxylic acids is 1. The molecule has 1 saturated carbocycles. The number of carboxylic acid groups (broad SMARTS) is 1. The van der Waals surface area contributed by atoms with Crippen molar-refractivity contribution in [1.29, 1.82) is 0 Å². The van der Waals surface area contributed by atoms with E-state index in [1.54, 1.807) is 16.5 Å². The van der Waals surface area contributed by atoms with Crippen LogP contribution in [0.5, 0.6) is 0 Å². The summed E-state index contributed by atoms with van der Waals surface area (Å²) in [6.45, 7) is 5.78. The van der Waals surface area contributed by atoms with Crippen molar-refractivity contribution in [1.82, 2.24) is 14.7 Å². The van der Waals surface area contributed by atoms with Crippen LogP contribution in [0.25, 0.3) is 0 Å². The molecule has 6 nitrogen and oxygen atoms in total. The van der Waals surface area contributed by atoms with Gasteiger partial charge in [-0.15, -0.1) is 0 Å². The van der Waals surface area contributed by atoms with Gasteiger partial charge in [0.15, 0.2) is 0 Å². The molecule has 0 aromatic carbocycles. The molecule has 1 aliphatic rings. The summed E-state index contributed by atoms with van der Waals surface area (Å²) in [5, 5.41) is 13.4.